The molecular formula is C19H17N5O2. The number of nitrogens with zero attached hydrogens (tertiary/aromatic N) is 2. The van der Waals surface area contributed by atoms with Gasteiger partial charge in [0.15, 0.2) is 0 Å². The number of anilines is 1. The lowest BCUT2D eigenvalue weighted by atomic mass is 10.2. The number of amides is 1. The number of H-pyrrole nitrogens is 2. The minimum atomic E-state index is -0.155. The van der Waals surface area contributed by atoms with Crippen LogP contribution in [0.2, 0.25) is 0 Å². The normalized spacial score (nSPS) is 11.1. The molecule has 0 aliphatic rings. The van der Waals surface area contributed by atoms with Gasteiger partial charge in [-0.2, -0.15) is 0 Å². The van der Waals surface area contributed by atoms with Gasteiger partial charge in [-0.15, -0.1) is 0 Å². The van der Waals surface area contributed by atoms with E-state index in [2.05, 4.69) is 25.3 Å². The molecule has 0 radical (unpaired) electrons. The van der Waals surface area contributed by atoms with Crippen LogP contribution in [0.4, 0.5) is 5.95 Å². The van der Waals surface area contributed by atoms with Crippen LogP contribution in [-0.2, 0) is 11.2 Å². The maximum Gasteiger partial charge on any atom is 0.258 e. The van der Waals surface area contributed by atoms with Crippen LogP contribution in [0.25, 0.3) is 21.9 Å². The Labute approximate surface area is 148 Å². The van der Waals surface area contributed by atoms with Crippen molar-refractivity contribution in [2.24, 2.45) is 0 Å². The van der Waals surface area contributed by atoms with Gasteiger partial charge in [-0.05, 0) is 30.7 Å². The third kappa shape index (κ3) is 3.32. The highest BCUT2D eigenvalue weighted by Crippen LogP contribution is 2.14. The van der Waals surface area contributed by atoms with E-state index in [1.807, 2.05) is 36.4 Å². The Morgan fingerprint density at radius 2 is 1.73 bits per heavy atom. The second-order valence-electron chi connectivity index (χ2n) is 6.03. The summed E-state index contributed by atoms with van der Waals surface area (Å²) in [6.07, 6.45) is 1.41. The van der Waals surface area contributed by atoms with E-state index in [1.165, 1.54) is 0 Å². The lowest BCUT2D eigenvalue weighted by Crippen LogP contribution is -2.14. The van der Waals surface area contributed by atoms with E-state index in [1.54, 1.807) is 12.1 Å². The zero-order valence-corrected chi connectivity index (χ0v) is 14.0. The van der Waals surface area contributed by atoms with Gasteiger partial charge < -0.3 is 9.97 Å². The summed E-state index contributed by atoms with van der Waals surface area (Å²) >= 11 is 0. The van der Waals surface area contributed by atoms with Crippen molar-refractivity contribution in [2.75, 3.05) is 5.32 Å². The first-order valence-electron chi connectivity index (χ1n) is 8.41. The number of nitrogens with one attached hydrogen (secondary N) is 3. The molecule has 0 aliphatic heterocycles. The zero-order chi connectivity index (χ0) is 17.9. The Morgan fingerprint density at radius 1 is 0.962 bits per heavy atom. The van der Waals surface area contributed by atoms with Gasteiger partial charge in [-0.1, -0.05) is 24.3 Å². The van der Waals surface area contributed by atoms with Crippen molar-refractivity contribution < 1.29 is 4.79 Å². The predicted molar refractivity (Wildman–Crippen MR) is 100 cm³/mol. The average molecular weight is 347 g/mol. The van der Waals surface area contributed by atoms with Crippen molar-refractivity contribution in [3.05, 3.63) is 64.7 Å². The SMILES string of the molecule is O=C(CCCc1nc2ccccc2c(=O)[nH]1)Nc1nc2ccccc2[nH]1. The summed E-state index contributed by atoms with van der Waals surface area (Å²) < 4.78 is 0. The average Bonchev–Trinajstić information content (AvgIpc) is 3.04. The Hall–Kier alpha value is -3.48. The van der Waals surface area contributed by atoms with Crippen LogP contribution in [-0.4, -0.2) is 25.8 Å². The smallest absolute Gasteiger partial charge is 0.258 e. The fourth-order valence-electron chi connectivity index (χ4n) is 2.88. The molecule has 0 atom stereocenters. The van der Waals surface area contributed by atoms with E-state index in [4.69, 9.17) is 0 Å². The summed E-state index contributed by atoms with van der Waals surface area (Å²) in [5, 5.41) is 3.33. The molecule has 7 nitrogen and oxygen atoms in total. The van der Waals surface area contributed by atoms with Crippen molar-refractivity contribution in [2.45, 2.75) is 19.3 Å². The van der Waals surface area contributed by atoms with Crippen molar-refractivity contribution >= 4 is 33.8 Å². The number of rotatable bonds is 5. The molecule has 0 aliphatic carbocycles. The Bertz CT molecular complexity index is 1110. The molecule has 0 saturated carbocycles. The molecule has 2 heterocycles. The minimum absolute atomic E-state index is 0.132. The Kier molecular flexibility index (Phi) is 4.18. The van der Waals surface area contributed by atoms with E-state index in [0.717, 1.165) is 11.0 Å². The second kappa shape index (κ2) is 6.79. The molecule has 0 unspecified atom stereocenters. The van der Waals surface area contributed by atoms with Gasteiger partial charge in [0.1, 0.15) is 5.82 Å². The number of fused-ring (bicyclic) bond motifs is 2. The number of para-hydroxylation sites is 3. The van der Waals surface area contributed by atoms with Crippen molar-refractivity contribution in [3.8, 4) is 0 Å². The number of imidazole rings is 1. The fourth-order valence-corrected chi connectivity index (χ4v) is 2.88. The maximum absolute atomic E-state index is 12.1. The number of carbonyl (C=O) groups is 1. The molecule has 0 saturated heterocycles. The highest BCUT2D eigenvalue weighted by molar-refractivity contribution is 5.91. The molecule has 4 aromatic rings. The fraction of sp³-hybridized carbons (Fsp3) is 0.158. The first-order valence-corrected chi connectivity index (χ1v) is 8.41. The number of benzene rings is 2. The zero-order valence-electron chi connectivity index (χ0n) is 14.0. The van der Waals surface area contributed by atoms with Crippen LogP contribution in [0.5, 0.6) is 0 Å². The van der Waals surface area contributed by atoms with Gasteiger partial charge in [0.25, 0.3) is 5.56 Å². The number of carbonyl (C=O) groups excluding carboxylic acids is 1. The Balaban J connectivity index is 1.37. The summed E-state index contributed by atoms with van der Waals surface area (Å²) in [6.45, 7) is 0. The van der Waals surface area contributed by atoms with Crippen LogP contribution in [0.15, 0.2) is 53.3 Å². The van der Waals surface area contributed by atoms with E-state index in [-0.39, 0.29) is 11.5 Å². The van der Waals surface area contributed by atoms with E-state index in [9.17, 15) is 9.59 Å². The van der Waals surface area contributed by atoms with Crippen LogP contribution in [0, 0.1) is 0 Å². The van der Waals surface area contributed by atoms with E-state index in [0.29, 0.717) is 41.9 Å². The van der Waals surface area contributed by atoms with Gasteiger partial charge in [-0.3, -0.25) is 14.9 Å². The minimum Gasteiger partial charge on any atom is -0.324 e. The third-order valence-corrected chi connectivity index (χ3v) is 4.13. The molecule has 3 N–H and O–H groups in total. The summed E-state index contributed by atoms with van der Waals surface area (Å²) in [7, 11) is 0. The second-order valence-corrected chi connectivity index (χ2v) is 6.03. The quantitative estimate of drug-likeness (QED) is 0.516. The number of hydrogen-bond donors (Lipinski definition) is 3. The molecule has 2 aromatic carbocycles. The van der Waals surface area contributed by atoms with Crippen molar-refractivity contribution in [3.63, 3.8) is 0 Å². The van der Waals surface area contributed by atoms with Gasteiger partial charge >= 0.3 is 0 Å². The number of aromatic amines is 2. The lowest BCUT2D eigenvalue weighted by Gasteiger charge is -2.03. The molecule has 0 spiro atoms. The first kappa shape index (κ1) is 16.0. The lowest BCUT2D eigenvalue weighted by molar-refractivity contribution is -0.116. The molecule has 7 heteroatoms. The predicted octanol–water partition coefficient (Wildman–Crippen LogP) is 2.76. The highest BCUT2D eigenvalue weighted by atomic mass is 16.1. The maximum atomic E-state index is 12.1. The number of hydrogen-bond acceptors (Lipinski definition) is 4. The molecule has 0 bridgehead atoms. The summed E-state index contributed by atoms with van der Waals surface area (Å²) in [6, 6.07) is 14.8. The summed E-state index contributed by atoms with van der Waals surface area (Å²) in [5.74, 6) is 0.894. The van der Waals surface area contributed by atoms with Gasteiger partial charge in [-0.25, -0.2) is 9.97 Å². The molecule has 1 amide bonds. The Morgan fingerprint density at radius 3 is 2.58 bits per heavy atom. The first-order chi connectivity index (χ1) is 12.7. The van der Waals surface area contributed by atoms with Crippen molar-refractivity contribution in [1.29, 1.82) is 0 Å². The third-order valence-electron chi connectivity index (χ3n) is 4.13. The topological polar surface area (TPSA) is 104 Å². The van der Waals surface area contributed by atoms with Crippen LogP contribution in [0.3, 0.4) is 0 Å². The van der Waals surface area contributed by atoms with E-state index < -0.39 is 0 Å². The standard InChI is InChI=1S/C19H17N5O2/c25-17(24-19-21-14-8-3-4-9-15(14)22-19)11-5-10-16-20-13-7-2-1-6-12(13)18(26)23-16/h1-4,6-9H,5,10-11H2,(H,20,23,26)(H2,21,22,24,25). The van der Waals surface area contributed by atoms with Crippen molar-refractivity contribution in [1.82, 2.24) is 19.9 Å². The largest absolute Gasteiger partial charge is 0.324 e. The molecule has 4 rings (SSSR count). The van der Waals surface area contributed by atoms with Gasteiger partial charge in [0, 0.05) is 12.8 Å². The molecule has 0 fully saturated rings. The van der Waals surface area contributed by atoms with Crippen LogP contribution in [0.1, 0.15) is 18.7 Å². The molecule has 2 aromatic heterocycles. The highest BCUT2D eigenvalue weighted by Gasteiger charge is 2.08. The van der Waals surface area contributed by atoms with Gasteiger partial charge in [0.2, 0.25) is 11.9 Å². The number of aromatic nitrogens is 4. The van der Waals surface area contributed by atoms with Crippen LogP contribution >= 0.6 is 0 Å². The monoisotopic (exact) mass is 347 g/mol. The molecule has 26 heavy (non-hydrogen) atoms. The summed E-state index contributed by atoms with van der Waals surface area (Å²) in [5.41, 5.74) is 2.19. The molecule has 130 valence electrons. The number of aryl methyl sites for hydroxylation is 1. The van der Waals surface area contributed by atoms with Crippen LogP contribution < -0.4 is 10.9 Å². The molecular weight excluding hydrogens is 330 g/mol. The van der Waals surface area contributed by atoms with Gasteiger partial charge in [0.05, 0.1) is 21.9 Å². The van der Waals surface area contributed by atoms with E-state index >= 15 is 0 Å². The summed E-state index contributed by atoms with van der Waals surface area (Å²) in [4.78, 5) is 38.7.